The van der Waals surface area contributed by atoms with Gasteiger partial charge in [-0.15, -0.1) is 11.8 Å². The monoisotopic (exact) mass is 320 g/mol. The van der Waals surface area contributed by atoms with E-state index >= 15 is 0 Å². The smallest absolute Gasteiger partial charge is 0.226 e. The van der Waals surface area contributed by atoms with Crippen molar-refractivity contribution in [1.82, 2.24) is 9.80 Å². The van der Waals surface area contributed by atoms with E-state index in [4.69, 9.17) is 0 Å². The van der Waals surface area contributed by atoms with Crippen LogP contribution in [0.15, 0.2) is 29.2 Å². The summed E-state index contributed by atoms with van der Waals surface area (Å²) in [6.07, 6.45) is 4.26. The number of amides is 1. The van der Waals surface area contributed by atoms with Gasteiger partial charge in [0.1, 0.15) is 0 Å². The largest absolute Gasteiger partial charge is 0.343 e. The van der Waals surface area contributed by atoms with Crippen LogP contribution in [-0.2, 0) is 11.3 Å². The van der Waals surface area contributed by atoms with Crippen LogP contribution in [-0.4, -0.2) is 48.1 Å². The van der Waals surface area contributed by atoms with E-state index in [1.165, 1.54) is 10.5 Å². The minimum absolute atomic E-state index is 0.180. The van der Waals surface area contributed by atoms with Gasteiger partial charge in [0, 0.05) is 31.1 Å². The molecule has 0 saturated carbocycles. The SMILES string of the molecule is CCN(CC)C(=O)[C@@H]1CCCN(Cc2ccc(SC)cc2)C1. The number of nitrogens with zero attached hydrogens (tertiary/aromatic N) is 2. The summed E-state index contributed by atoms with van der Waals surface area (Å²) in [5.41, 5.74) is 1.34. The number of likely N-dealkylation sites (tertiary alicyclic amines) is 1. The lowest BCUT2D eigenvalue weighted by molar-refractivity contribution is -0.137. The molecule has 22 heavy (non-hydrogen) atoms. The van der Waals surface area contributed by atoms with Crippen LogP contribution in [0, 0.1) is 5.92 Å². The molecule has 1 amide bonds. The van der Waals surface area contributed by atoms with E-state index in [9.17, 15) is 4.79 Å². The van der Waals surface area contributed by atoms with Gasteiger partial charge in [-0.2, -0.15) is 0 Å². The van der Waals surface area contributed by atoms with Crippen molar-refractivity contribution in [3.63, 3.8) is 0 Å². The Hall–Kier alpha value is -1.00. The van der Waals surface area contributed by atoms with Crippen molar-refractivity contribution < 1.29 is 4.79 Å². The van der Waals surface area contributed by atoms with E-state index < -0.39 is 0 Å². The average molecular weight is 321 g/mol. The second kappa shape index (κ2) is 8.59. The number of benzene rings is 1. The highest BCUT2D eigenvalue weighted by Crippen LogP contribution is 2.22. The van der Waals surface area contributed by atoms with Crippen LogP contribution in [0.2, 0.25) is 0 Å². The first-order valence-corrected chi connectivity index (χ1v) is 9.54. The first kappa shape index (κ1) is 17.4. The summed E-state index contributed by atoms with van der Waals surface area (Å²) < 4.78 is 0. The fourth-order valence-electron chi connectivity index (χ4n) is 3.18. The highest BCUT2D eigenvalue weighted by molar-refractivity contribution is 7.98. The molecule has 1 aliphatic rings. The summed E-state index contributed by atoms with van der Waals surface area (Å²) in [6, 6.07) is 8.79. The number of thioether (sulfide) groups is 1. The standard InChI is InChI=1S/C18H28N2OS/c1-4-20(5-2)18(21)16-7-6-12-19(14-16)13-15-8-10-17(22-3)11-9-15/h8-11,16H,4-7,12-14H2,1-3H3/t16-/m1/s1. The number of carbonyl (C=O) groups excluding carboxylic acids is 1. The molecular formula is C18H28N2OS. The molecule has 1 aliphatic heterocycles. The molecule has 0 aliphatic carbocycles. The van der Waals surface area contributed by atoms with E-state index in [0.29, 0.717) is 5.91 Å². The molecular weight excluding hydrogens is 292 g/mol. The van der Waals surface area contributed by atoms with Gasteiger partial charge in [0.2, 0.25) is 5.91 Å². The molecule has 0 unspecified atom stereocenters. The van der Waals surface area contributed by atoms with Gasteiger partial charge < -0.3 is 4.90 Å². The predicted octanol–water partition coefficient (Wildman–Crippen LogP) is 3.49. The van der Waals surface area contributed by atoms with Gasteiger partial charge in [-0.05, 0) is 57.2 Å². The molecule has 1 aromatic rings. The second-order valence-electron chi connectivity index (χ2n) is 5.93. The lowest BCUT2D eigenvalue weighted by Gasteiger charge is -2.34. The molecule has 1 heterocycles. The summed E-state index contributed by atoms with van der Waals surface area (Å²) >= 11 is 1.77. The van der Waals surface area contributed by atoms with Gasteiger partial charge in [-0.3, -0.25) is 9.69 Å². The van der Waals surface area contributed by atoms with Crippen LogP contribution in [0.25, 0.3) is 0 Å². The Bertz CT molecular complexity index is 470. The Labute approximate surface area is 139 Å². The van der Waals surface area contributed by atoms with Gasteiger partial charge in [0.15, 0.2) is 0 Å². The zero-order valence-electron chi connectivity index (χ0n) is 14.0. The van der Waals surface area contributed by atoms with Crippen LogP contribution < -0.4 is 0 Å². The van der Waals surface area contributed by atoms with E-state index in [0.717, 1.165) is 45.6 Å². The van der Waals surface area contributed by atoms with Crippen molar-refractivity contribution in [3.05, 3.63) is 29.8 Å². The molecule has 122 valence electrons. The van der Waals surface area contributed by atoms with Crippen molar-refractivity contribution in [2.75, 3.05) is 32.4 Å². The number of piperidine rings is 1. The third-order valence-electron chi connectivity index (χ3n) is 4.50. The maximum Gasteiger partial charge on any atom is 0.226 e. The number of hydrogen-bond acceptors (Lipinski definition) is 3. The minimum atomic E-state index is 0.180. The van der Waals surface area contributed by atoms with Crippen LogP contribution in [0.5, 0.6) is 0 Å². The lowest BCUT2D eigenvalue weighted by Crippen LogP contribution is -2.44. The molecule has 0 spiro atoms. The van der Waals surface area contributed by atoms with Crippen molar-refractivity contribution in [3.8, 4) is 0 Å². The number of hydrogen-bond donors (Lipinski definition) is 0. The molecule has 0 N–H and O–H groups in total. The highest BCUT2D eigenvalue weighted by Gasteiger charge is 2.28. The Balaban J connectivity index is 1.93. The normalized spacial score (nSPS) is 19.1. The molecule has 4 heteroatoms. The quantitative estimate of drug-likeness (QED) is 0.750. The lowest BCUT2D eigenvalue weighted by atomic mass is 9.96. The first-order chi connectivity index (χ1) is 10.7. The highest BCUT2D eigenvalue weighted by atomic mass is 32.2. The van der Waals surface area contributed by atoms with Crippen molar-refractivity contribution in [2.45, 2.75) is 38.1 Å². The maximum atomic E-state index is 12.5. The molecule has 1 fully saturated rings. The molecule has 2 rings (SSSR count). The molecule has 3 nitrogen and oxygen atoms in total. The molecule has 0 radical (unpaired) electrons. The van der Waals surface area contributed by atoms with E-state index in [-0.39, 0.29) is 5.92 Å². The van der Waals surface area contributed by atoms with Gasteiger partial charge in [-0.1, -0.05) is 12.1 Å². The fraction of sp³-hybridized carbons (Fsp3) is 0.611. The van der Waals surface area contributed by atoms with Crippen molar-refractivity contribution >= 4 is 17.7 Å². The third kappa shape index (κ3) is 4.50. The minimum Gasteiger partial charge on any atom is -0.343 e. The Morgan fingerprint density at radius 2 is 1.95 bits per heavy atom. The van der Waals surface area contributed by atoms with E-state index in [2.05, 4.69) is 49.3 Å². The van der Waals surface area contributed by atoms with Crippen molar-refractivity contribution in [1.29, 1.82) is 0 Å². The average Bonchev–Trinajstić information content (AvgIpc) is 2.57. The predicted molar refractivity (Wildman–Crippen MR) is 94.2 cm³/mol. The van der Waals surface area contributed by atoms with Crippen LogP contribution in [0.1, 0.15) is 32.3 Å². The Morgan fingerprint density at radius 1 is 1.27 bits per heavy atom. The molecule has 1 saturated heterocycles. The Morgan fingerprint density at radius 3 is 2.55 bits per heavy atom. The molecule has 1 aromatic carbocycles. The second-order valence-corrected chi connectivity index (χ2v) is 6.81. The topological polar surface area (TPSA) is 23.6 Å². The number of carbonyl (C=O) groups is 1. The Kier molecular flexibility index (Phi) is 6.77. The van der Waals surface area contributed by atoms with E-state index in [1.54, 1.807) is 11.8 Å². The van der Waals surface area contributed by atoms with E-state index in [1.807, 2.05) is 4.90 Å². The zero-order chi connectivity index (χ0) is 15.9. The summed E-state index contributed by atoms with van der Waals surface area (Å²) in [7, 11) is 0. The van der Waals surface area contributed by atoms with Gasteiger partial charge in [0.25, 0.3) is 0 Å². The molecule has 0 aromatic heterocycles. The van der Waals surface area contributed by atoms with Gasteiger partial charge >= 0.3 is 0 Å². The first-order valence-electron chi connectivity index (χ1n) is 8.32. The summed E-state index contributed by atoms with van der Waals surface area (Å²) in [4.78, 5) is 18.2. The maximum absolute atomic E-state index is 12.5. The van der Waals surface area contributed by atoms with Crippen LogP contribution in [0.3, 0.4) is 0 Å². The third-order valence-corrected chi connectivity index (χ3v) is 5.24. The summed E-state index contributed by atoms with van der Waals surface area (Å²) in [5, 5.41) is 0. The van der Waals surface area contributed by atoms with Crippen molar-refractivity contribution in [2.24, 2.45) is 5.92 Å². The van der Waals surface area contributed by atoms with Gasteiger partial charge in [-0.25, -0.2) is 0 Å². The fourth-order valence-corrected chi connectivity index (χ4v) is 3.59. The molecule has 1 atom stereocenters. The van der Waals surface area contributed by atoms with Crippen LogP contribution >= 0.6 is 11.8 Å². The summed E-state index contributed by atoms with van der Waals surface area (Å²) in [5.74, 6) is 0.520. The van der Waals surface area contributed by atoms with Crippen LogP contribution in [0.4, 0.5) is 0 Å². The molecule has 0 bridgehead atoms. The van der Waals surface area contributed by atoms with Gasteiger partial charge in [0.05, 0.1) is 5.92 Å². The summed E-state index contributed by atoms with van der Waals surface area (Å²) in [6.45, 7) is 8.73. The zero-order valence-corrected chi connectivity index (χ0v) is 14.9. The number of rotatable bonds is 6.